The molecule has 5 nitrogen and oxygen atoms in total. The molecular weight excluding hydrogens is 362 g/mol. The van der Waals surface area contributed by atoms with Crippen LogP contribution in [-0.2, 0) is 6.54 Å². The molecule has 4 rings (SSSR count). The van der Waals surface area contributed by atoms with Crippen molar-refractivity contribution in [3.63, 3.8) is 0 Å². The van der Waals surface area contributed by atoms with Crippen LogP contribution in [0.4, 0.5) is 0 Å². The first-order valence-corrected chi connectivity index (χ1v) is 9.36. The lowest BCUT2D eigenvalue weighted by Gasteiger charge is -2.06. The summed E-state index contributed by atoms with van der Waals surface area (Å²) in [6.07, 6.45) is 3.70. The summed E-state index contributed by atoms with van der Waals surface area (Å²) in [5.74, 6) is -0.212. The first-order chi connectivity index (χ1) is 14.1. The smallest absolute Gasteiger partial charge is 0.271 e. The van der Waals surface area contributed by atoms with Gasteiger partial charge in [0.25, 0.3) is 5.91 Å². The van der Waals surface area contributed by atoms with Crippen molar-refractivity contribution in [2.24, 2.45) is 5.10 Å². The average molecular weight is 383 g/mol. The molecule has 0 aliphatic carbocycles. The maximum absolute atomic E-state index is 12.2. The van der Waals surface area contributed by atoms with E-state index in [9.17, 15) is 9.90 Å². The predicted octanol–water partition coefficient (Wildman–Crippen LogP) is 4.47. The number of nitrogens with zero attached hydrogens (tertiary/aromatic N) is 2. The molecular formula is C24H21N3O2. The molecule has 0 saturated heterocycles. The Morgan fingerprint density at radius 3 is 2.66 bits per heavy atom. The minimum atomic E-state index is -0.329. The monoisotopic (exact) mass is 383 g/mol. The third-order valence-corrected chi connectivity index (χ3v) is 4.75. The van der Waals surface area contributed by atoms with Gasteiger partial charge in [0.1, 0.15) is 5.75 Å². The van der Waals surface area contributed by atoms with Gasteiger partial charge in [-0.1, -0.05) is 48.0 Å². The van der Waals surface area contributed by atoms with E-state index in [-0.39, 0.29) is 11.7 Å². The number of nitrogens with one attached hydrogen (secondary N) is 1. The van der Waals surface area contributed by atoms with Crippen molar-refractivity contribution < 1.29 is 9.90 Å². The van der Waals surface area contributed by atoms with Gasteiger partial charge in [0.05, 0.1) is 6.21 Å². The molecule has 0 unspecified atom stereocenters. The number of hydrogen-bond acceptors (Lipinski definition) is 3. The van der Waals surface area contributed by atoms with Crippen LogP contribution in [0.25, 0.3) is 10.9 Å². The summed E-state index contributed by atoms with van der Waals surface area (Å²) in [7, 11) is 0. The summed E-state index contributed by atoms with van der Waals surface area (Å²) in [6.45, 7) is 2.85. The van der Waals surface area contributed by atoms with E-state index in [1.54, 1.807) is 18.3 Å². The summed E-state index contributed by atoms with van der Waals surface area (Å²) >= 11 is 0. The number of benzene rings is 3. The number of aromatic nitrogens is 1. The van der Waals surface area contributed by atoms with Crippen molar-refractivity contribution in [2.45, 2.75) is 13.5 Å². The van der Waals surface area contributed by atoms with Crippen molar-refractivity contribution >= 4 is 23.0 Å². The fourth-order valence-electron chi connectivity index (χ4n) is 3.35. The van der Waals surface area contributed by atoms with Crippen LogP contribution in [0.3, 0.4) is 0 Å². The van der Waals surface area contributed by atoms with Gasteiger partial charge >= 0.3 is 0 Å². The Bertz CT molecular complexity index is 1190. The molecule has 0 radical (unpaired) electrons. The fraction of sp³-hybridized carbons (Fsp3) is 0.0833. The predicted molar refractivity (Wildman–Crippen MR) is 115 cm³/mol. The zero-order valence-corrected chi connectivity index (χ0v) is 16.0. The maximum atomic E-state index is 12.2. The quantitative estimate of drug-likeness (QED) is 0.394. The highest BCUT2D eigenvalue weighted by Crippen LogP contribution is 2.21. The highest BCUT2D eigenvalue weighted by molar-refractivity contribution is 6.00. The van der Waals surface area contributed by atoms with Crippen molar-refractivity contribution in [1.82, 2.24) is 9.99 Å². The minimum Gasteiger partial charge on any atom is -0.508 e. The lowest BCUT2D eigenvalue weighted by atomic mass is 10.1. The second-order valence-corrected chi connectivity index (χ2v) is 6.96. The fourth-order valence-corrected chi connectivity index (χ4v) is 3.35. The van der Waals surface area contributed by atoms with Crippen molar-refractivity contribution in [3.8, 4) is 5.75 Å². The second-order valence-electron chi connectivity index (χ2n) is 6.96. The molecule has 3 aromatic carbocycles. The molecule has 1 aromatic heterocycles. The van der Waals surface area contributed by atoms with Gasteiger partial charge in [-0.25, -0.2) is 5.43 Å². The molecule has 144 valence electrons. The Hall–Kier alpha value is -3.86. The van der Waals surface area contributed by atoms with Crippen LogP contribution in [0, 0.1) is 6.92 Å². The summed E-state index contributed by atoms with van der Waals surface area (Å²) in [6, 6.07) is 22.6. The van der Waals surface area contributed by atoms with Gasteiger partial charge in [0.15, 0.2) is 0 Å². The van der Waals surface area contributed by atoms with Gasteiger partial charge in [-0.05, 0) is 42.8 Å². The molecule has 4 aromatic rings. The number of fused-ring (bicyclic) bond motifs is 1. The summed E-state index contributed by atoms with van der Waals surface area (Å²) in [5.41, 5.74) is 7.48. The van der Waals surface area contributed by atoms with Crippen molar-refractivity contribution in [3.05, 3.63) is 101 Å². The minimum absolute atomic E-state index is 0.117. The van der Waals surface area contributed by atoms with E-state index in [2.05, 4.69) is 52.3 Å². The Morgan fingerprint density at radius 2 is 1.86 bits per heavy atom. The third-order valence-electron chi connectivity index (χ3n) is 4.75. The summed E-state index contributed by atoms with van der Waals surface area (Å²) in [4.78, 5) is 12.2. The molecule has 0 bridgehead atoms. The van der Waals surface area contributed by atoms with Gasteiger partial charge in [0.2, 0.25) is 0 Å². The Balaban J connectivity index is 1.56. The number of aromatic hydroxyl groups is 1. The van der Waals surface area contributed by atoms with Crippen molar-refractivity contribution in [1.29, 1.82) is 0 Å². The van der Waals surface area contributed by atoms with E-state index in [0.29, 0.717) is 5.56 Å². The largest absolute Gasteiger partial charge is 0.508 e. The second kappa shape index (κ2) is 8.02. The first-order valence-electron chi connectivity index (χ1n) is 9.36. The molecule has 2 N–H and O–H groups in total. The molecule has 0 spiro atoms. The number of aryl methyl sites for hydroxylation is 1. The first kappa shape index (κ1) is 18.5. The number of hydrazone groups is 1. The lowest BCUT2D eigenvalue weighted by molar-refractivity contribution is 0.0955. The van der Waals surface area contributed by atoms with Gasteiger partial charge in [-0.2, -0.15) is 5.10 Å². The van der Waals surface area contributed by atoms with Crippen LogP contribution in [0.2, 0.25) is 0 Å². The van der Waals surface area contributed by atoms with E-state index < -0.39 is 0 Å². The molecule has 5 heteroatoms. The molecule has 0 aliphatic rings. The lowest BCUT2D eigenvalue weighted by Crippen LogP contribution is -2.17. The number of hydrogen-bond donors (Lipinski definition) is 2. The molecule has 0 atom stereocenters. The number of carbonyl (C=O) groups excluding carboxylic acids is 1. The number of para-hydroxylation sites is 1. The summed E-state index contributed by atoms with van der Waals surface area (Å²) < 4.78 is 2.19. The topological polar surface area (TPSA) is 66.6 Å². The maximum Gasteiger partial charge on any atom is 0.271 e. The van der Waals surface area contributed by atoms with Crippen molar-refractivity contribution in [2.75, 3.05) is 0 Å². The number of phenolic OH excluding ortho intramolecular Hbond substituents is 1. The van der Waals surface area contributed by atoms with E-state index in [1.165, 1.54) is 23.3 Å². The number of carbonyl (C=O) groups is 1. The molecule has 1 amide bonds. The van der Waals surface area contributed by atoms with Crippen LogP contribution in [0.5, 0.6) is 5.75 Å². The van der Waals surface area contributed by atoms with Gasteiger partial charge < -0.3 is 9.67 Å². The Morgan fingerprint density at radius 1 is 1.07 bits per heavy atom. The number of phenols is 1. The van der Waals surface area contributed by atoms with Crippen LogP contribution in [0.15, 0.2) is 84.1 Å². The zero-order valence-electron chi connectivity index (χ0n) is 16.0. The molecule has 0 fully saturated rings. The van der Waals surface area contributed by atoms with Crippen LogP contribution < -0.4 is 5.43 Å². The third kappa shape index (κ3) is 4.19. The average Bonchev–Trinajstić information content (AvgIpc) is 3.06. The van der Waals surface area contributed by atoms with E-state index in [0.717, 1.165) is 23.0 Å². The van der Waals surface area contributed by atoms with E-state index >= 15 is 0 Å². The molecule has 0 aliphatic heterocycles. The van der Waals surface area contributed by atoms with Crippen LogP contribution >= 0.6 is 0 Å². The number of amides is 1. The standard InChI is InChI=1S/C24H21N3O2/c1-17-5-4-6-18(13-17)15-27-16-20(22-7-2-3-8-23(22)27)14-25-26-24(29)19-9-11-21(28)12-10-19/h2-14,16,28H,15H2,1H3,(H,26,29)/b25-14-. The van der Waals surface area contributed by atoms with E-state index in [4.69, 9.17) is 0 Å². The SMILES string of the molecule is Cc1cccc(Cn2cc(/C=N\NC(=O)c3ccc(O)cc3)c3ccccc32)c1. The number of rotatable bonds is 5. The molecule has 1 heterocycles. The molecule has 29 heavy (non-hydrogen) atoms. The van der Waals surface area contributed by atoms with Crippen LogP contribution in [-0.4, -0.2) is 21.8 Å². The van der Waals surface area contributed by atoms with Gasteiger partial charge in [-0.15, -0.1) is 0 Å². The van der Waals surface area contributed by atoms with Crippen LogP contribution in [0.1, 0.15) is 27.0 Å². The Kier molecular flexibility index (Phi) is 5.12. The summed E-state index contributed by atoms with van der Waals surface area (Å²) in [5, 5.41) is 14.5. The zero-order chi connectivity index (χ0) is 20.2. The highest BCUT2D eigenvalue weighted by atomic mass is 16.3. The highest BCUT2D eigenvalue weighted by Gasteiger charge is 2.08. The van der Waals surface area contributed by atoms with Gasteiger partial charge in [0, 0.05) is 34.8 Å². The van der Waals surface area contributed by atoms with E-state index in [1.807, 2.05) is 24.4 Å². The normalized spacial score (nSPS) is 11.2. The Labute approximate surface area is 168 Å². The van der Waals surface area contributed by atoms with Gasteiger partial charge in [-0.3, -0.25) is 4.79 Å². The molecule has 0 saturated carbocycles.